The van der Waals surface area contributed by atoms with Gasteiger partial charge in [-0.3, -0.25) is 9.59 Å². The lowest BCUT2D eigenvalue weighted by molar-refractivity contribution is -0.143. The molecule has 3 aliphatic rings. The molecular formula is C25H24BrFN2O4. The number of amides is 3. The molecule has 0 bridgehead atoms. The molecule has 1 spiro atoms. The van der Waals surface area contributed by atoms with Gasteiger partial charge in [-0.15, -0.1) is 0 Å². The summed E-state index contributed by atoms with van der Waals surface area (Å²) in [4.78, 5) is 42.2. The fraction of sp³-hybridized carbons (Fsp3) is 0.400. The first-order valence-electron chi connectivity index (χ1n) is 11.2. The third-order valence-corrected chi connectivity index (χ3v) is 7.49. The molecule has 2 fully saturated rings. The Kier molecular flexibility index (Phi) is 5.51. The number of aryl methyl sites for hydroxylation is 1. The van der Waals surface area contributed by atoms with E-state index in [1.54, 1.807) is 23.1 Å². The van der Waals surface area contributed by atoms with E-state index in [4.69, 9.17) is 4.74 Å². The van der Waals surface area contributed by atoms with Crippen molar-refractivity contribution in [1.29, 1.82) is 0 Å². The summed E-state index contributed by atoms with van der Waals surface area (Å²) in [5.74, 6) is -0.758. The average Bonchev–Trinajstić information content (AvgIpc) is 3.54. The number of rotatable bonds is 6. The van der Waals surface area contributed by atoms with Gasteiger partial charge in [-0.05, 0) is 67.5 Å². The van der Waals surface area contributed by atoms with E-state index in [2.05, 4.69) is 15.9 Å². The second kappa shape index (κ2) is 8.24. The van der Waals surface area contributed by atoms with E-state index >= 15 is 0 Å². The minimum Gasteiger partial charge on any atom is -0.427 e. The Bertz CT molecular complexity index is 1130. The molecule has 6 nitrogen and oxygen atoms in total. The Hall–Kier alpha value is -2.74. The molecule has 1 heterocycles. The summed E-state index contributed by atoms with van der Waals surface area (Å²) in [5.41, 5.74) is 1.09. The summed E-state index contributed by atoms with van der Waals surface area (Å²) in [6.07, 6.45) is 2.27. The van der Waals surface area contributed by atoms with Crippen LogP contribution in [0, 0.1) is 11.7 Å². The molecule has 2 unspecified atom stereocenters. The lowest BCUT2D eigenvalue weighted by Crippen LogP contribution is -2.47. The van der Waals surface area contributed by atoms with Crippen molar-refractivity contribution < 1.29 is 23.5 Å². The molecule has 5 rings (SSSR count). The van der Waals surface area contributed by atoms with E-state index in [0.29, 0.717) is 24.3 Å². The van der Waals surface area contributed by atoms with Crippen molar-refractivity contribution in [2.45, 2.75) is 50.8 Å². The van der Waals surface area contributed by atoms with Crippen molar-refractivity contribution in [1.82, 2.24) is 9.80 Å². The molecule has 0 aromatic heterocycles. The molecule has 2 aromatic rings. The molecule has 2 aromatic carbocycles. The van der Waals surface area contributed by atoms with Gasteiger partial charge in [0.1, 0.15) is 12.4 Å². The number of fused-ring (bicyclic) bond motifs is 2. The topological polar surface area (TPSA) is 66.9 Å². The number of carbonyl (C=O) groups is 3. The highest BCUT2D eigenvalue weighted by Crippen LogP contribution is 2.46. The van der Waals surface area contributed by atoms with E-state index in [1.165, 1.54) is 12.1 Å². The molecule has 33 heavy (non-hydrogen) atoms. The molecule has 1 saturated heterocycles. The zero-order valence-corrected chi connectivity index (χ0v) is 19.8. The summed E-state index contributed by atoms with van der Waals surface area (Å²) < 4.78 is 19.9. The minimum atomic E-state index is -1.35. The van der Waals surface area contributed by atoms with Crippen molar-refractivity contribution in [3.05, 3.63) is 69.4 Å². The highest BCUT2D eigenvalue weighted by molar-refractivity contribution is 9.10. The van der Waals surface area contributed by atoms with Crippen LogP contribution in [0.5, 0.6) is 0 Å². The molecule has 8 heteroatoms. The van der Waals surface area contributed by atoms with E-state index < -0.39 is 17.6 Å². The van der Waals surface area contributed by atoms with Crippen molar-refractivity contribution >= 4 is 33.8 Å². The lowest BCUT2D eigenvalue weighted by atomic mass is 9.95. The van der Waals surface area contributed by atoms with Crippen molar-refractivity contribution in [2.24, 2.45) is 5.92 Å². The fourth-order valence-electron chi connectivity index (χ4n) is 4.93. The van der Waals surface area contributed by atoms with E-state index in [-0.39, 0.29) is 30.9 Å². The number of carbonyl (C=O) groups excluding carboxylic acids is 3. The predicted molar refractivity (Wildman–Crippen MR) is 121 cm³/mol. The van der Waals surface area contributed by atoms with Gasteiger partial charge >= 0.3 is 6.09 Å². The summed E-state index contributed by atoms with van der Waals surface area (Å²) in [6, 6.07) is 11.5. The quantitative estimate of drug-likeness (QED) is 0.567. The predicted octanol–water partition coefficient (Wildman–Crippen LogP) is 4.54. The van der Waals surface area contributed by atoms with Gasteiger partial charge in [0.05, 0.1) is 0 Å². The summed E-state index contributed by atoms with van der Waals surface area (Å²) in [5, 5.41) is 0. The number of halogens is 2. The Morgan fingerprint density at radius 1 is 1.24 bits per heavy atom. The standard InChI is InChI=1S/C25H24BrFN2O4/c1-15(17-4-5-17)28(13-16-2-7-20(27)8-3-16)22(30)14-29-23(31)25(33-24(29)32)11-10-18-12-19(26)6-9-21(18)25/h2-3,6-9,12,15,17H,4-5,10-11,13-14H2,1H3. The van der Waals surface area contributed by atoms with Crippen molar-refractivity contribution in [3.8, 4) is 0 Å². The van der Waals surface area contributed by atoms with Gasteiger partial charge in [0.2, 0.25) is 11.5 Å². The highest BCUT2D eigenvalue weighted by Gasteiger charge is 2.58. The van der Waals surface area contributed by atoms with Crippen LogP contribution in [-0.4, -0.2) is 40.3 Å². The van der Waals surface area contributed by atoms with Gasteiger partial charge in [-0.1, -0.05) is 34.1 Å². The van der Waals surface area contributed by atoms with Crippen molar-refractivity contribution in [3.63, 3.8) is 0 Å². The van der Waals surface area contributed by atoms with E-state index in [0.717, 1.165) is 33.3 Å². The smallest absolute Gasteiger partial charge is 0.418 e. The normalized spacial score (nSPS) is 22.5. The van der Waals surface area contributed by atoms with Crippen LogP contribution in [0.25, 0.3) is 0 Å². The molecule has 1 aliphatic heterocycles. The SMILES string of the molecule is CC(C1CC1)N(Cc1ccc(F)cc1)C(=O)CN1C(=O)OC2(CCc3cc(Br)ccc32)C1=O. The molecule has 172 valence electrons. The maximum absolute atomic E-state index is 13.4. The number of nitrogens with zero attached hydrogens (tertiary/aromatic N) is 2. The lowest BCUT2D eigenvalue weighted by Gasteiger charge is -2.30. The molecule has 2 aliphatic carbocycles. The highest BCUT2D eigenvalue weighted by atomic mass is 79.9. The maximum Gasteiger partial charge on any atom is 0.418 e. The minimum absolute atomic E-state index is 0.0465. The molecule has 3 amide bonds. The summed E-state index contributed by atoms with van der Waals surface area (Å²) >= 11 is 3.44. The molecule has 1 saturated carbocycles. The van der Waals surface area contributed by atoms with Crippen molar-refractivity contribution in [2.75, 3.05) is 6.54 Å². The largest absolute Gasteiger partial charge is 0.427 e. The fourth-order valence-corrected chi connectivity index (χ4v) is 5.34. The van der Waals surface area contributed by atoms with E-state index in [9.17, 15) is 18.8 Å². The van der Waals surface area contributed by atoms with Crippen LogP contribution < -0.4 is 0 Å². The Morgan fingerprint density at radius 2 is 1.97 bits per heavy atom. The Labute approximate surface area is 199 Å². The number of hydrogen-bond donors (Lipinski definition) is 0. The summed E-state index contributed by atoms with van der Waals surface area (Å²) in [7, 11) is 0. The van der Waals surface area contributed by atoms with Gasteiger partial charge in [0, 0.05) is 29.0 Å². The van der Waals surface area contributed by atoms with Crippen LogP contribution in [0.4, 0.5) is 9.18 Å². The number of imide groups is 1. The second-order valence-corrected chi connectivity index (χ2v) is 10.0. The maximum atomic E-state index is 13.4. The summed E-state index contributed by atoms with van der Waals surface area (Å²) in [6.45, 7) is 1.90. The zero-order valence-electron chi connectivity index (χ0n) is 18.2. The average molecular weight is 515 g/mol. The van der Waals surface area contributed by atoms with Crippen LogP contribution in [-0.2, 0) is 32.9 Å². The number of hydrogen-bond acceptors (Lipinski definition) is 4. The van der Waals surface area contributed by atoms with Gasteiger partial charge < -0.3 is 9.64 Å². The van der Waals surface area contributed by atoms with Crippen LogP contribution in [0.15, 0.2) is 46.9 Å². The van der Waals surface area contributed by atoms with Gasteiger partial charge in [0.25, 0.3) is 5.91 Å². The first kappa shape index (κ1) is 22.1. The van der Waals surface area contributed by atoms with Crippen LogP contribution in [0.2, 0.25) is 0 Å². The second-order valence-electron chi connectivity index (χ2n) is 9.11. The molecule has 2 atom stereocenters. The molecular weight excluding hydrogens is 491 g/mol. The first-order chi connectivity index (χ1) is 15.8. The van der Waals surface area contributed by atoms with Gasteiger partial charge in [-0.2, -0.15) is 0 Å². The number of ether oxygens (including phenoxy) is 1. The van der Waals surface area contributed by atoms with E-state index in [1.807, 2.05) is 19.1 Å². The van der Waals surface area contributed by atoms with Crippen LogP contribution in [0.1, 0.15) is 42.9 Å². The third kappa shape index (κ3) is 3.94. The van der Waals surface area contributed by atoms with Crippen LogP contribution in [0.3, 0.4) is 0 Å². The zero-order chi connectivity index (χ0) is 23.3. The van der Waals surface area contributed by atoms with Gasteiger partial charge in [0.15, 0.2) is 0 Å². The first-order valence-corrected chi connectivity index (χ1v) is 12.0. The Morgan fingerprint density at radius 3 is 2.67 bits per heavy atom. The van der Waals surface area contributed by atoms with Crippen LogP contribution >= 0.6 is 15.9 Å². The number of benzene rings is 2. The molecule has 0 N–H and O–H groups in total. The third-order valence-electron chi connectivity index (χ3n) is 7.00. The Balaban J connectivity index is 1.37. The monoisotopic (exact) mass is 514 g/mol. The van der Waals surface area contributed by atoms with Gasteiger partial charge in [-0.25, -0.2) is 14.1 Å². The molecule has 0 radical (unpaired) electrons.